The number of aromatic nitrogens is 2. The molecular weight excluding hydrogens is 370 g/mol. The van der Waals surface area contributed by atoms with Crippen molar-refractivity contribution in [2.75, 3.05) is 26.2 Å². The lowest BCUT2D eigenvalue weighted by atomic mass is 9.96. The topological polar surface area (TPSA) is 100 Å². The normalized spacial score (nSPS) is 21.9. The van der Waals surface area contributed by atoms with Gasteiger partial charge in [-0.15, -0.1) is 0 Å². The van der Waals surface area contributed by atoms with Crippen molar-refractivity contribution < 1.29 is 14.1 Å². The van der Waals surface area contributed by atoms with Crippen LogP contribution in [0, 0.1) is 12.8 Å². The molecule has 1 aromatic heterocycles. The molecule has 2 aliphatic rings. The highest BCUT2D eigenvalue weighted by molar-refractivity contribution is 6.00. The molecule has 0 radical (unpaired) electrons. The predicted molar refractivity (Wildman–Crippen MR) is 107 cm³/mol. The van der Waals surface area contributed by atoms with E-state index >= 15 is 0 Å². The molecule has 3 heterocycles. The zero-order valence-electron chi connectivity index (χ0n) is 16.7. The van der Waals surface area contributed by atoms with E-state index in [9.17, 15) is 9.59 Å². The first-order valence-corrected chi connectivity index (χ1v) is 10.3. The highest BCUT2D eigenvalue weighted by Crippen LogP contribution is 2.25. The Morgan fingerprint density at radius 2 is 2.14 bits per heavy atom. The van der Waals surface area contributed by atoms with E-state index in [2.05, 4.69) is 20.8 Å². The second-order valence-electron chi connectivity index (χ2n) is 7.85. The molecule has 2 N–H and O–H groups in total. The Morgan fingerprint density at radius 3 is 2.90 bits per heavy atom. The maximum Gasteiger partial charge on any atom is 0.258 e. The van der Waals surface area contributed by atoms with Crippen molar-refractivity contribution in [3.8, 4) is 11.5 Å². The van der Waals surface area contributed by atoms with Gasteiger partial charge in [0.25, 0.3) is 11.8 Å². The summed E-state index contributed by atoms with van der Waals surface area (Å²) >= 11 is 0. The lowest BCUT2D eigenvalue weighted by Gasteiger charge is -2.33. The molecule has 0 spiro atoms. The van der Waals surface area contributed by atoms with Gasteiger partial charge < -0.3 is 20.1 Å². The van der Waals surface area contributed by atoms with Crippen LogP contribution >= 0.6 is 0 Å². The summed E-state index contributed by atoms with van der Waals surface area (Å²) in [5.41, 5.74) is 1.22. The standard InChI is InChI=1S/C21H27N5O3/c1-14-24-20(29-25-14)16-7-2-3-8-17(16)21(28)26-11-5-6-15(13-26)12-23-19(27)18-9-4-10-22-18/h2-3,7-8,15,18,22H,4-6,9-13H2,1H3,(H,23,27). The zero-order chi connectivity index (χ0) is 20.2. The molecule has 154 valence electrons. The molecule has 0 bridgehead atoms. The lowest BCUT2D eigenvalue weighted by Crippen LogP contribution is -2.46. The number of carbonyl (C=O) groups excluding carboxylic acids is 2. The number of piperidine rings is 1. The molecule has 8 heteroatoms. The van der Waals surface area contributed by atoms with E-state index < -0.39 is 0 Å². The third-order valence-corrected chi connectivity index (χ3v) is 5.66. The van der Waals surface area contributed by atoms with E-state index in [1.807, 2.05) is 23.1 Å². The van der Waals surface area contributed by atoms with Crippen LogP contribution in [0.3, 0.4) is 0 Å². The van der Waals surface area contributed by atoms with Crippen LogP contribution in [0.5, 0.6) is 0 Å². The smallest absolute Gasteiger partial charge is 0.258 e. The number of amides is 2. The van der Waals surface area contributed by atoms with E-state index in [4.69, 9.17) is 4.52 Å². The summed E-state index contributed by atoms with van der Waals surface area (Å²) < 4.78 is 5.28. The minimum Gasteiger partial charge on any atom is -0.354 e. The Bertz CT molecular complexity index is 875. The van der Waals surface area contributed by atoms with Crippen LogP contribution in [0.1, 0.15) is 41.9 Å². The monoisotopic (exact) mass is 397 g/mol. The summed E-state index contributed by atoms with van der Waals surface area (Å²) in [6, 6.07) is 7.26. The highest BCUT2D eigenvalue weighted by atomic mass is 16.5. The third-order valence-electron chi connectivity index (χ3n) is 5.66. The second-order valence-corrected chi connectivity index (χ2v) is 7.85. The summed E-state index contributed by atoms with van der Waals surface area (Å²) in [6.45, 7) is 4.61. The Hall–Kier alpha value is -2.74. The maximum atomic E-state index is 13.2. The van der Waals surface area contributed by atoms with Crippen LogP contribution in [0.4, 0.5) is 0 Å². The van der Waals surface area contributed by atoms with E-state index in [1.54, 1.807) is 13.0 Å². The van der Waals surface area contributed by atoms with Gasteiger partial charge in [0.05, 0.1) is 17.2 Å². The van der Waals surface area contributed by atoms with Crippen LogP contribution in [0.25, 0.3) is 11.5 Å². The minimum absolute atomic E-state index is 0.0371. The summed E-state index contributed by atoms with van der Waals surface area (Å²) in [6.07, 6.45) is 3.87. The molecule has 2 atom stereocenters. The molecule has 2 amide bonds. The van der Waals surface area contributed by atoms with Crippen molar-refractivity contribution in [3.63, 3.8) is 0 Å². The van der Waals surface area contributed by atoms with Gasteiger partial charge in [0.2, 0.25) is 5.91 Å². The number of nitrogens with zero attached hydrogens (tertiary/aromatic N) is 3. The number of hydrogen-bond donors (Lipinski definition) is 2. The molecule has 2 saturated heterocycles. The van der Waals surface area contributed by atoms with Crippen LogP contribution in [-0.4, -0.2) is 59.1 Å². The van der Waals surface area contributed by atoms with Gasteiger partial charge in [-0.25, -0.2) is 0 Å². The largest absolute Gasteiger partial charge is 0.354 e. The van der Waals surface area contributed by atoms with Gasteiger partial charge in [0.1, 0.15) is 0 Å². The Labute approximate surface area is 170 Å². The van der Waals surface area contributed by atoms with Gasteiger partial charge >= 0.3 is 0 Å². The van der Waals surface area contributed by atoms with Crippen molar-refractivity contribution in [1.29, 1.82) is 0 Å². The van der Waals surface area contributed by atoms with Crippen molar-refractivity contribution in [1.82, 2.24) is 25.7 Å². The summed E-state index contributed by atoms with van der Waals surface area (Å²) in [7, 11) is 0. The van der Waals surface area contributed by atoms with Crippen molar-refractivity contribution >= 4 is 11.8 Å². The number of rotatable bonds is 5. The second kappa shape index (κ2) is 8.73. The predicted octanol–water partition coefficient (Wildman–Crippen LogP) is 1.77. The first kappa shape index (κ1) is 19.6. The van der Waals surface area contributed by atoms with Crippen LogP contribution < -0.4 is 10.6 Å². The fourth-order valence-corrected chi connectivity index (χ4v) is 4.13. The molecule has 29 heavy (non-hydrogen) atoms. The van der Waals surface area contributed by atoms with Crippen molar-refractivity contribution in [2.24, 2.45) is 5.92 Å². The number of carbonyl (C=O) groups is 2. The van der Waals surface area contributed by atoms with Gasteiger partial charge in [-0.2, -0.15) is 4.98 Å². The molecular formula is C21H27N5O3. The Morgan fingerprint density at radius 1 is 1.28 bits per heavy atom. The Balaban J connectivity index is 1.41. The molecule has 8 nitrogen and oxygen atoms in total. The number of aryl methyl sites for hydroxylation is 1. The highest BCUT2D eigenvalue weighted by Gasteiger charge is 2.28. The van der Waals surface area contributed by atoms with Crippen molar-refractivity contribution in [2.45, 2.75) is 38.6 Å². The third kappa shape index (κ3) is 4.48. The summed E-state index contributed by atoms with van der Waals surface area (Å²) in [4.78, 5) is 31.6. The summed E-state index contributed by atoms with van der Waals surface area (Å²) in [5, 5.41) is 10.1. The fourth-order valence-electron chi connectivity index (χ4n) is 4.13. The molecule has 2 aliphatic heterocycles. The van der Waals surface area contributed by atoms with Crippen LogP contribution in [0.15, 0.2) is 28.8 Å². The van der Waals surface area contributed by atoms with E-state index in [0.717, 1.165) is 32.2 Å². The Kier molecular flexibility index (Phi) is 5.89. The van der Waals surface area contributed by atoms with Gasteiger partial charge in [-0.3, -0.25) is 9.59 Å². The van der Waals surface area contributed by atoms with E-state index in [0.29, 0.717) is 42.5 Å². The number of nitrogens with one attached hydrogen (secondary N) is 2. The summed E-state index contributed by atoms with van der Waals surface area (Å²) in [5.74, 6) is 1.19. The lowest BCUT2D eigenvalue weighted by molar-refractivity contribution is -0.123. The average Bonchev–Trinajstić information content (AvgIpc) is 3.44. The first-order chi connectivity index (χ1) is 14.1. The SMILES string of the molecule is Cc1noc(-c2ccccc2C(=O)N2CCCC(CNC(=O)C3CCCN3)C2)n1. The van der Waals surface area contributed by atoms with Gasteiger partial charge in [-0.1, -0.05) is 17.3 Å². The van der Waals surface area contributed by atoms with Crippen LogP contribution in [-0.2, 0) is 4.79 Å². The number of benzene rings is 1. The quantitative estimate of drug-likeness (QED) is 0.798. The molecule has 1 aromatic carbocycles. The molecule has 2 aromatic rings. The molecule has 2 fully saturated rings. The first-order valence-electron chi connectivity index (χ1n) is 10.3. The number of hydrogen-bond acceptors (Lipinski definition) is 6. The molecule has 0 saturated carbocycles. The fraction of sp³-hybridized carbons (Fsp3) is 0.524. The van der Waals surface area contributed by atoms with Gasteiger partial charge in [0.15, 0.2) is 5.82 Å². The van der Waals surface area contributed by atoms with E-state index in [1.165, 1.54) is 0 Å². The molecule has 4 rings (SSSR count). The van der Waals surface area contributed by atoms with Crippen LogP contribution in [0.2, 0.25) is 0 Å². The van der Waals surface area contributed by atoms with Gasteiger partial charge in [-0.05, 0) is 57.2 Å². The average molecular weight is 397 g/mol. The zero-order valence-corrected chi connectivity index (χ0v) is 16.7. The number of likely N-dealkylation sites (tertiary alicyclic amines) is 1. The van der Waals surface area contributed by atoms with E-state index in [-0.39, 0.29) is 23.8 Å². The molecule has 0 aliphatic carbocycles. The molecule has 2 unspecified atom stereocenters. The van der Waals surface area contributed by atoms with Crippen molar-refractivity contribution in [3.05, 3.63) is 35.7 Å². The minimum atomic E-state index is -0.0685. The maximum absolute atomic E-state index is 13.2. The van der Waals surface area contributed by atoms with Gasteiger partial charge in [0, 0.05) is 19.6 Å².